The van der Waals surface area contributed by atoms with Crippen molar-refractivity contribution in [2.45, 2.75) is 31.7 Å². The van der Waals surface area contributed by atoms with Gasteiger partial charge in [0.1, 0.15) is 5.82 Å². The SMILES string of the molecule is O=C(Nc1cc(C(=O)O)ccn1)NC1CCCC1. The highest BCUT2D eigenvalue weighted by atomic mass is 16.4. The molecule has 0 bridgehead atoms. The molecular weight excluding hydrogens is 234 g/mol. The van der Waals surface area contributed by atoms with E-state index in [9.17, 15) is 9.59 Å². The Morgan fingerprint density at radius 3 is 2.72 bits per heavy atom. The molecule has 2 rings (SSSR count). The lowest BCUT2D eigenvalue weighted by atomic mass is 10.2. The fourth-order valence-electron chi connectivity index (χ4n) is 2.04. The molecule has 0 spiro atoms. The Morgan fingerprint density at radius 2 is 2.06 bits per heavy atom. The molecule has 1 aliphatic rings. The van der Waals surface area contributed by atoms with Crippen LogP contribution in [0.4, 0.5) is 10.6 Å². The zero-order valence-corrected chi connectivity index (χ0v) is 9.85. The van der Waals surface area contributed by atoms with Crippen LogP contribution < -0.4 is 10.6 Å². The third kappa shape index (κ3) is 3.19. The van der Waals surface area contributed by atoms with Gasteiger partial charge in [-0.25, -0.2) is 14.6 Å². The normalized spacial score (nSPS) is 15.3. The molecule has 1 fully saturated rings. The highest BCUT2D eigenvalue weighted by Gasteiger charge is 2.17. The molecule has 0 radical (unpaired) electrons. The minimum atomic E-state index is -1.04. The third-order valence-electron chi connectivity index (χ3n) is 2.94. The van der Waals surface area contributed by atoms with Gasteiger partial charge in [0.25, 0.3) is 0 Å². The molecule has 0 saturated heterocycles. The number of carbonyl (C=O) groups is 2. The molecule has 18 heavy (non-hydrogen) atoms. The monoisotopic (exact) mass is 249 g/mol. The van der Waals surface area contributed by atoms with Crippen LogP contribution in [0.15, 0.2) is 18.3 Å². The van der Waals surface area contributed by atoms with Crippen molar-refractivity contribution in [1.82, 2.24) is 10.3 Å². The second kappa shape index (κ2) is 5.48. The summed E-state index contributed by atoms with van der Waals surface area (Å²) in [5.41, 5.74) is 0.0983. The lowest BCUT2D eigenvalue weighted by Crippen LogP contribution is -2.36. The molecule has 3 N–H and O–H groups in total. The third-order valence-corrected chi connectivity index (χ3v) is 2.94. The van der Waals surface area contributed by atoms with E-state index in [-0.39, 0.29) is 23.5 Å². The van der Waals surface area contributed by atoms with Crippen LogP contribution in [0.2, 0.25) is 0 Å². The molecule has 0 atom stereocenters. The summed E-state index contributed by atoms with van der Waals surface area (Å²) in [5, 5.41) is 14.2. The smallest absolute Gasteiger partial charge is 0.335 e. The van der Waals surface area contributed by atoms with E-state index in [1.165, 1.54) is 18.3 Å². The van der Waals surface area contributed by atoms with Crippen molar-refractivity contribution in [2.75, 3.05) is 5.32 Å². The Labute approximate surface area is 104 Å². The van der Waals surface area contributed by atoms with E-state index in [1.807, 2.05) is 0 Å². The molecule has 1 heterocycles. The summed E-state index contributed by atoms with van der Waals surface area (Å²) >= 11 is 0. The first-order valence-corrected chi connectivity index (χ1v) is 5.92. The Morgan fingerprint density at radius 1 is 1.33 bits per heavy atom. The van der Waals surface area contributed by atoms with E-state index >= 15 is 0 Å². The Bertz CT molecular complexity index is 456. The summed E-state index contributed by atoms with van der Waals surface area (Å²) in [7, 11) is 0. The van der Waals surface area contributed by atoms with Gasteiger partial charge in [0, 0.05) is 12.2 Å². The number of aromatic nitrogens is 1. The number of nitrogens with zero attached hydrogens (tertiary/aromatic N) is 1. The van der Waals surface area contributed by atoms with Crippen LogP contribution in [0.25, 0.3) is 0 Å². The standard InChI is InChI=1S/C12H15N3O3/c16-11(17)8-5-6-13-10(7-8)15-12(18)14-9-3-1-2-4-9/h5-7,9H,1-4H2,(H,16,17)(H2,13,14,15,18). The van der Waals surface area contributed by atoms with Crippen LogP contribution in [-0.4, -0.2) is 28.1 Å². The summed E-state index contributed by atoms with van der Waals surface area (Å²) in [4.78, 5) is 26.3. The van der Waals surface area contributed by atoms with E-state index < -0.39 is 5.97 Å². The number of urea groups is 1. The van der Waals surface area contributed by atoms with Gasteiger partial charge in [-0.15, -0.1) is 0 Å². The van der Waals surface area contributed by atoms with Crippen LogP contribution in [0.5, 0.6) is 0 Å². The van der Waals surface area contributed by atoms with E-state index in [0.29, 0.717) is 0 Å². The van der Waals surface area contributed by atoms with Crippen molar-refractivity contribution < 1.29 is 14.7 Å². The number of pyridine rings is 1. The fourth-order valence-corrected chi connectivity index (χ4v) is 2.04. The molecule has 1 aromatic heterocycles. The number of carboxylic acid groups (broad SMARTS) is 1. The van der Waals surface area contributed by atoms with Gasteiger partial charge in [0.05, 0.1) is 5.56 Å². The zero-order valence-electron chi connectivity index (χ0n) is 9.85. The van der Waals surface area contributed by atoms with Crippen LogP contribution in [0, 0.1) is 0 Å². The summed E-state index contributed by atoms with van der Waals surface area (Å²) in [6, 6.07) is 2.59. The van der Waals surface area contributed by atoms with E-state index in [0.717, 1.165) is 25.7 Å². The van der Waals surface area contributed by atoms with Crippen LogP contribution in [0.1, 0.15) is 36.0 Å². The number of nitrogens with one attached hydrogen (secondary N) is 2. The minimum absolute atomic E-state index is 0.0983. The predicted octanol–water partition coefficient (Wildman–Crippen LogP) is 1.84. The second-order valence-corrected chi connectivity index (χ2v) is 4.31. The highest BCUT2D eigenvalue weighted by molar-refractivity contribution is 5.92. The summed E-state index contributed by atoms with van der Waals surface area (Å²) in [5.74, 6) is -0.804. The number of carboxylic acids is 1. The van der Waals surface area contributed by atoms with Crippen molar-refractivity contribution in [3.8, 4) is 0 Å². The number of carbonyl (C=O) groups excluding carboxylic acids is 1. The van der Waals surface area contributed by atoms with Gasteiger partial charge < -0.3 is 10.4 Å². The molecule has 0 aromatic carbocycles. The van der Waals surface area contributed by atoms with Gasteiger partial charge in [-0.3, -0.25) is 5.32 Å². The molecule has 6 nitrogen and oxygen atoms in total. The maximum Gasteiger partial charge on any atom is 0.335 e. The lowest BCUT2D eigenvalue weighted by Gasteiger charge is -2.12. The zero-order chi connectivity index (χ0) is 13.0. The molecule has 1 aliphatic carbocycles. The number of anilines is 1. The molecule has 0 unspecified atom stereocenters. The van der Waals surface area contributed by atoms with Gasteiger partial charge >= 0.3 is 12.0 Å². The molecule has 2 amide bonds. The highest BCUT2D eigenvalue weighted by Crippen LogP contribution is 2.17. The van der Waals surface area contributed by atoms with Crippen molar-refractivity contribution in [3.63, 3.8) is 0 Å². The minimum Gasteiger partial charge on any atom is -0.478 e. The van der Waals surface area contributed by atoms with Crippen LogP contribution in [-0.2, 0) is 0 Å². The van der Waals surface area contributed by atoms with E-state index in [1.54, 1.807) is 0 Å². The number of hydrogen-bond donors (Lipinski definition) is 3. The molecule has 96 valence electrons. The molecule has 0 aliphatic heterocycles. The predicted molar refractivity (Wildman–Crippen MR) is 65.6 cm³/mol. The van der Waals surface area contributed by atoms with Gasteiger partial charge in [-0.05, 0) is 25.0 Å². The van der Waals surface area contributed by atoms with Gasteiger partial charge in [-0.2, -0.15) is 0 Å². The van der Waals surface area contributed by atoms with Crippen molar-refractivity contribution in [1.29, 1.82) is 0 Å². The fraction of sp³-hybridized carbons (Fsp3) is 0.417. The largest absolute Gasteiger partial charge is 0.478 e. The average Bonchev–Trinajstić information content (AvgIpc) is 2.82. The number of aromatic carboxylic acids is 1. The Kier molecular flexibility index (Phi) is 3.76. The molecule has 6 heteroatoms. The Hall–Kier alpha value is -2.11. The topological polar surface area (TPSA) is 91.3 Å². The number of hydrogen-bond acceptors (Lipinski definition) is 3. The first-order chi connectivity index (χ1) is 8.65. The first kappa shape index (κ1) is 12.3. The quantitative estimate of drug-likeness (QED) is 0.762. The lowest BCUT2D eigenvalue weighted by molar-refractivity contribution is 0.0696. The van der Waals surface area contributed by atoms with Crippen LogP contribution in [0.3, 0.4) is 0 Å². The molecule has 1 saturated carbocycles. The van der Waals surface area contributed by atoms with Crippen LogP contribution >= 0.6 is 0 Å². The summed E-state index contributed by atoms with van der Waals surface area (Å²) < 4.78 is 0. The Balaban J connectivity index is 1.93. The average molecular weight is 249 g/mol. The number of rotatable bonds is 3. The van der Waals surface area contributed by atoms with Gasteiger partial charge in [0.2, 0.25) is 0 Å². The van der Waals surface area contributed by atoms with Gasteiger partial charge in [0.15, 0.2) is 0 Å². The number of amides is 2. The maximum absolute atomic E-state index is 11.6. The first-order valence-electron chi connectivity index (χ1n) is 5.92. The summed E-state index contributed by atoms with van der Waals surface area (Å²) in [6.07, 6.45) is 5.62. The van der Waals surface area contributed by atoms with Gasteiger partial charge in [-0.1, -0.05) is 12.8 Å². The second-order valence-electron chi connectivity index (χ2n) is 4.31. The van der Waals surface area contributed by atoms with Crippen molar-refractivity contribution in [2.24, 2.45) is 0 Å². The van der Waals surface area contributed by atoms with E-state index in [2.05, 4.69) is 15.6 Å². The maximum atomic E-state index is 11.6. The molecule has 1 aromatic rings. The van der Waals surface area contributed by atoms with Crippen molar-refractivity contribution >= 4 is 17.8 Å². The van der Waals surface area contributed by atoms with Crippen molar-refractivity contribution in [3.05, 3.63) is 23.9 Å². The summed E-state index contributed by atoms with van der Waals surface area (Å²) in [6.45, 7) is 0. The molecular formula is C12H15N3O3. The van der Waals surface area contributed by atoms with E-state index in [4.69, 9.17) is 5.11 Å².